The van der Waals surface area contributed by atoms with Gasteiger partial charge in [-0.15, -0.1) is 0 Å². The van der Waals surface area contributed by atoms with Gasteiger partial charge in [0.05, 0.1) is 25.2 Å². The maximum atomic E-state index is 14.3. The molecule has 2 aliphatic rings. The number of ether oxygens (including phenoxy) is 1. The van der Waals surface area contributed by atoms with Crippen molar-refractivity contribution in [2.45, 2.75) is 68.5 Å². The monoisotopic (exact) mass is 500 g/mol. The minimum absolute atomic E-state index is 0.0328. The van der Waals surface area contributed by atoms with Gasteiger partial charge in [-0.05, 0) is 86.7 Å². The van der Waals surface area contributed by atoms with Gasteiger partial charge < -0.3 is 9.64 Å². The summed E-state index contributed by atoms with van der Waals surface area (Å²) in [7, 11) is -2.69. The molecule has 2 heterocycles. The molecule has 1 saturated heterocycles. The minimum atomic E-state index is -2.69. The van der Waals surface area contributed by atoms with Crippen LogP contribution >= 0.6 is 11.8 Å². The molecular weight excluding hydrogens is 460 g/mol. The number of rotatable bonds is 8. The first-order chi connectivity index (χ1) is 16.1. The van der Waals surface area contributed by atoms with Gasteiger partial charge in [0.25, 0.3) is 0 Å². The minimum Gasteiger partial charge on any atom is -0.381 e. The van der Waals surface area contributed by atoms with Gasteiger partial charge >= 0.3 is 0 Å². The second-order valence-corrected chi connectivity index (χ2v) is 14.3. The zero-order chi connectivity index (χ0) is 24.5. The number of hydrogen-bond acceptors (Lipinski definition) is 4. The number of fused-ring (bicyclic) bond motifs is 1. The third-order valence-electron chi connectivity index (χ3n) is 6.90. The van der Waals surface area contributed by atoms with Crippen molar-refractivity contribution in [3.8, 4) is 0 Å². The lowest BCUT2D eigenvalue weighted by Crippen LogP contribution is -2.42. The van der Waals surface area contributed by atoms with Crippen LogP contribution in [0.4, 0.5) is 11.4 Å². The Morgan fingerprint density at radius 3 is 2.47 bits per heavy atom. The molecule has 1 fully saturated rings. The third kappa shape index (κ3) is 5.29. The SMILES string of the molecule is C=S(=O)(c1ccc2c(c1)SC(C)(C)N2CC1CCOCC1)N(CC(C)C)c1ccc(CC)cc1. The molecule has 0 N–H and O–H groups in total. The van der Waals surface area contributed by atoms with Crippen molar-refractivity contribution in [2.24, 2.45) is 11.8 Å². The molecule has 186 valence electrons. The molecule has 6 heteroatoms. The average Bonchev–Trinajstić information content (AvgIpc) is 3.06. The molecule has 0 aliphatic carbocycles. The summed E-state index contributed by atoms with van der Waals surface area (Å²) >= 11 is 1.87. The topological polar surface area (TPSA) is 32.8 Å². The second-order valence-electron chi connectivity index (χ2n) is 10.5. The van der Waals surface area contributed by atoms with E-state index in [9.17, 15) is 4.21 Å². The fourth-order valence-corrected chi connectivity index (χ4v) is 8.07. The van der Waals surface area contributed by atoms with Crippen molar-refractivity contribution in [2.75, 3.05) is 35.5 Å². The smallest absolute Gasteiger partial charge is 0.0851 e. The van der Waals surface area contributed by atoms with E-state index in [0.717, 1.165) is 49.6 Å². The molecule has 4 nitrogen and oxygen atoms in total. The summed E-state index contributed by atoms with van der Waals surface area (Å²) in [6.07, 6.45) is 3.24. The van der Waals surface area contributed by atoms with Crippen molar-refractivity contribution in [1.29, 1.82) is 0 Å². The van der Waals surface area contributed by atoms with Crippen LogP contribution in [0.15, 0.2) is 52.3 Å². The summed E-state index contributed by atoms with van der Waals surface area (Å²) in [5, 5.41) is 0. The van der Waals surface area contributed by atoms with Crippen molar-refractivity contribution in [1.82, 2.24) is 0 Å². The van der Waals surface area contributed by atoms with Gasteiger partial charge in [0.15, 0.2) is 0 Å². The maximum Gasteiger partial charge on any atom is 0.0851 e. The first-order valence-electron chi connectivity index (χ1n) is 12.5. The number of hydrogen-bond donors (Lipinski definition) is 0. The highest BCUT2D eigenvalue weighted by Crippen LogP contribution is 2.51. The van der Waals surface area contributed by atoms with Crippen molar-refractivity contribution in [3.63, 3.8) is 0 Å². The summed E-state index contributed by atoms with van der Waals surface area (Å²) in [5.41, 5.74) is 3.51. The van der Waals surface area contributed by atoms with Gasteiger partial charge in [0, 0.05) is 36.9 Å². The van der Waals surface area contributed by atoms with Crippen molar-refractivity contribution >= 4 is 38.7 Å². The highest BCUT2D eigenvalue weighted by atomic mass is 32.2. The van der Waals surface area contributed by atoms with Crippen LogP contribution in [0.3, 0.4) is 0 Å². The Kier molecular flexibility index (Phi) is 7.61. The van der Waals surface area contributed by atoms with Crippen LogP contribution in [0.1, 0.15) is 53.0 Å². The van der Waals surface area contributed by atoms with E-state index in [0.29, 0.717) is 18.4 Å². The number of thioether (sulfide) groups is 1. The first-order valence-corrected chi connectivity index (χ1v) is 15.0. The van der Waals surface area contributed by atoms with Gasteiger partial charge in [-0.2, -0.15) is 0 Å². The van der Waals surface area contributed by atoms with Crippen LogP contribution in [-0.4, -0.2) is 41.3 Å². The lowest BCUT2D eigenvalue weighted by Gasteiger charge is -2.37. The normalized spacial score (nSPS) is 19.8. The molecule has 2 aliphatic heterocycles. The fraction of sp³-hybridized carbons (Fsp3) is 0.536. The second kappa shape index (κ2) is 10.2. The molecule has 1 unspecified atom stereocenters. The van der Waals surface area contributed by atoms with E-state index < -0.39 is 9.71 Å². The van der Waals surface area contributed by atoms with Gasteiger partial charge in [0.2, 0.25) is 0 Å². The highest BCUT2D eigenvalue weighted by molar-refractivity contribution is 8.02. The van der Waals surface area contributed by atoms with E-state index in [1.165, 1.54) is 16.1 Å². The number of nitrogens with zero attached hydrogens (tertiary/aromatic N) is 2. The van der Waals surface area contributed by atoms with Gasteiger partial charge in [-0.1, -0.05) is 44.7 Å². The zero-order valence-corrected chi connectivity index (χ0v) is 23.0. The Morgan fingerprint density at radius 1 is 1.18 bits per heavy atom. The van der Waals surface area contributed by atoms with Crippen molar-refractivity contribution in [3.05, 3.63) is 48.0 Å². The van der Waals surface area contributed by atoms with Crippen LogP contribution in [0, 0.1) is 11.8 Å². The van der Waals surface area contributed by atoms with Crippen LogP contribution in [0.25, 0.3) is 0 Å². The van der Waals surface area contributed by atoms with Gasteiger partial charge in [-0.25, -0.2) is 4.21 Å². The van der Waals surface area contributed by atoms with Gasteiger partial charge in [-0.3, -0.25) is 4.31 Å². The fourth-order valence-electron chi connectivity index (χ4n) is 4.87. The summed E-state index contributed by atoms with van der Waals surface area (Å²) in [6.45, 7) is 14.5. The molecule has 0 aromatic heterocycles. The van der Waals surface area contributed by atoms with Crippen LogP contribution in [0.5, 0.6) is 0 Å². The van der Waals surface area contributed by atoms with Crippen LogP contribution in [0.2, 0.25) is 0 Å². The van der Waals surface area contributed by atoms with E-state index in [1.54, 1.807) is 0 Å². The Labute approximate surface area is 211 Å². The molecule has 0 amide bonds. The highest BCUT2D eigenvalue weighted by Gasteiger charge is 2.38. The predicted octanol–water partition coefficient (Wildman–Crippen LogP) is 6.48. The molecule has 0 bridgehead atoms. The molecule has 1 atom stereocenters. The number of benzene rings is 2. The Bertz CT molecular complexity index is 1090. The van der Waals surface area contributed by atoms with Crippen LogP contribution < -0.4 is 9.21 Å². The van der Waals surface area contributed by atoms with E-state index in [2.05, 4.69) is 81.8 Å². The van der Waals surface area contributed by atoms with Crippen LogP contribution in [-0.2, 0) is 20.9 Å². The van der Waals surface area contributed by atoms with E-state index in [4.69, 9.17) is 4.74 Å². The maximum absolute atomic E-state index is 14.3. The first kappa shape index (κ1) is 25.5. The Morgan fingerprint density at radius 2 is 1.85 bits per heavy atom. The van der Waals surface area contributed by atoms with E-state index >= 15 is 0 Å². The van der Waals surface area contributed by atoms with E-state index in [-0.39, 0.29) is 4.87 Å². The predicted molar refractivity (Wildman–Crippen MR) is 149 cm³/mol. The molecule has 4 rings (SSSR count). The standard InChI is InChI=1S/C28H40N2O2S2/c1-7-22-8-10-24(11-9-22)30(19-21(2)3)34(6,31)25-12-13-26-27(18-25)33-28(4,5)29(26)20-23-14-16-32-17-15-23/h8-13,18,21,23H,6-7,14-17,19-20H2,1-5H3. The largest absolute Gasteiger partial charge is 0.381 e. The van der Waals surface area contributed by atoms with Gasteiger partial charge in [0.1, 0.15) is 0 Å². The van der Waals surface area contributed by atoms with Crippen molar-refractivity contribution < 1.29 is 8.95 Å². The number of anilines is 2. The molecular formula is C28H40N2O2S2. The molecule has 0 saturated carbocycles. The lowest BCUT2D eigenvalue weighted by molar-refractivity contribution is 0.0677. The Hall–Kier alpha value is -1.63. The molecule has 34 heavy (non-hydrogen) atoms. The molecule has 2 aromatic rings. The Balaban J connectivity index is 1.65. The summed E-state index contributed by atoms with van der Waals surface area (Å²) in [5.74, 6) is 5.33. The molecule has 2 aromatic carbocycles. The summed E-state index contributed by atoms with van der Waals surface area (Å²) < 4.78 is 21.9. The summed E-state index contributed by atoms with van der Waals surface area (Å²) in [6, 6.07) is 14.8. The van der Waals surface area contributed by atoms with E-state index in [1.807, 2.05) is 22.1 Å². The average molecular weight is 501 g/mol. The lowest BCUT2D eigenvalue weighted by atomic mass is 9.98. The zero-order valence-electron chi connectivity index (χ0n) is 21.4. The quantitative estimate of drug-likeness (QED) is 0.389. The summed E-state index contributed by atoms with van der Waals surface area (Å²) in [4.78, 5) is 4.52. The molecule has 0 spiro atoms. The number of aryl methyl sites for hydroxylation is 1. The third-order valence-corrected chi connectivity index (χ3v) is 10.2. The molecule has 0 radical (unpaired) electrons.